The summed E-state index contributed by atoms with van der Waals surface area (Å²) in [5.41, 5.74) is 2.68. The Hall–Kier alpha value is -4.15. The fourth-order valence-electron chi connectivity index (χ4n) is 5.11. The van der Waals surface area contributed by atoms with E-state index in [0.717, 1.165) is 37.0 Å². The summed E-state index contributed by atoms with van der Waals surface area (Å²) in [5, 5.41) is 10.5. The summed E-state index contributed by atoms with van der Waals surface area (Å²) in [4.78, 5) is 29.5. The Morgan fingerprint density at radius 1 is 1.14 bits per heavy atom. The van der Waals surface area contributed by atoms with E-state index in [9.17, 15) is 10.1 Å². The van der Waals surface area contributed by atoms with Crippen molar-refractivity contribution in [3.8, 4) is 17.6 Å². The van der Waals surface area contributed by atoms with E-state index < -0.39 is 0 Å². The predicted molar refractivity (Wildman–Crippen MR) is 142 cm³/mol. The summed E-state index contributed by atoms with van der Waals surface area (Å²) in [6.07, 6.45) is 6.86. The fraction of sp³-hybridized carbons (Fsp3) is 0.241. The lowest BCUT2D eigenvalue weighted by molar-refractivity contribution is 0.104. The minimum absolute atomic E-state index is 0.213. The second-order valence-corrected chi connectivity index (χ2v) is 10.3. The van der Waals surface area contributed by atoms with Crippen molar-refractivity contribution >= 4 is 39.5 Å². The van der Waals surface area contributed by atoms with E-state index >= 15 is 0 Å². The molecule has 0 saturated heterocycles. The molecule has 0 aliphatic heterocycles. The number of benzene rings is 2. The summed E-state index contributed by atoms with van der Waals surface area (Å²) in [5.74, 6) is 2.15. The molecule has 1 saturated carbocycles. The van der Waals surface area contributed by atoms with Gasteiger partial charge in [-0.05, 0) is 56.9 Å². The highest BCUT2D eigenvalue weighted by Crippen LogP contribution is 2.42. The van der Waals surface area contributed by atoms with Crippen molar-refractivity contribution in [3.05, 3.63) is 82.9 Å². The topological polar surface area (TPSA) is 107 Å². The van der Waals surface area contributed by atoms with Gasteiger partial charge in [-0.1, -0.05) is 29.8 Å². The molecule has 184 valence electrons. The summed E-state index contributed by atoms with van der Waals surface area (Å²) < 4.78 is 5.85. The third kappa shape index (κ3) is 4.24. The third-order valence-electron chi connectivity index (χ3n) is 7.33. The smallest absolute Gasteiger partial charge is 0.196 e. The maximum Gasteiger partial charge on any atom is 0.196 e. The molecule has 0 amide bonds. The molecular formula is C29H24ClN5O2. The van der Waals surface area contributed by atoms with E-state index in [1.807, 2.05) is 37.3 Å². The Labute approximate surface area is 218 Å². The Morgan fingerprint density at radius 3 is 2.65 bits per heavy atom. The zero-order chi connectivity index (χ0) is 25.6. The van der Waals surface area contributed by atoms with Crippen LogP contribution in [0.2, 0.25) is 5.02 Å². The first kappa shape index (κ1) is 23.3. The molecule has 6 rings (SSSR count). The number of hydrogen-bond acceptors (Lipinski definition) is 5. The highest BCUT2D eigenvalue weighted by Gasteiger charge is 2.33. The van der Waals surface area contributed by atoms with Crippen LogP contribution in [-0.2, 0) is 0 Å². The number of aromatic amines is 2. The number of hydrogen-bond donors (Lipinski definition) is 2. The second kappa shape index (κ2) is 9.06. The largest absolute Gasteiger partial charge is 0.457 e. The lowest BCUT2D eigenvalue weighted by Crippen LogP contribution is -2.22. The number of carbonyl (C=O) groups is 1. The van der Waals surface area contributed by atoms with Gasteiger partial charge in [0.2, 0.25) is 0 Å². The van der Waals surface area contributed by atoms with E-state index in [1.54, 1.807) is 30.6 Å². The van der Waals surface area contributed by atoms with Crippen molar-refractivity contribution in [3.63, 3.8) is 0 Å². The summed E-state index contributed by atoms with van der Waals surface area (Å²) in [6.45, 7) is 2.03. The monoisotopic (exact) mass is 509 g/mol. The number of nitrogens with one attached hydrogen (secondary N) is 2. The molecule has 3 aromatic heterocycles. The Morgan fingerprint density at radius 2 is 1.92 bits per heavy atom. The van der Waals surface area contributed by atoms with Gasteiger partial charge in [0.25, 0.3) is 0 Å². The summed E-state index contributed by atoms with van der Waals surface area (Å²) in [6, 6.07) is 16.9. The molecule has 0 atom stereocenters. The number of ether oxygens (including phenoxy) is 1. The number of nitriles is 1. The number of H-pyrrole nitrogens is 2. The van der Waals surface area contributed by atoms with Gasteiger partial charge >= 0.3 is 0 Å². The average Bonchev–Trinajstić information content (AvgIpc) is 3.54. The molecule has 3 heterocycles. The first-order chi connectivity index (χ1) is 17.9. The number of para-hydroxylation sites is 1. The number of imidazole rings is 1. The van der Waals surface area contributed by atoms with Crippen molar-refractivity contribution < 1.29 is 9.53 Å². The molecule has 0 bridgehead atoms. The van der Waals surface area contributed by atoms with Gasteiger partial charge in [-0.3, -0.25) is 4.79 Å². The first-order valence-electron chi connectivity index (χ1n) is 12.3. The van der Waals surface area contributed by atoms with Crippen molar-refractivity contribution in [1.29, 1.82) is 5.26 Å². The van der Waals surface area contributed by atoms with E-state index in [0.29, 0.717) is 44.2 Å². The lowest BCUT2D eigenvalue weighted by atomic mass is 9.72. The van der Waals surface area contributed by atoms with Gasteiger partial charge in [-0.2, -0.15) is 5.26 Å². The number of aromatic nitrogens is 4. The minimum Gasteiger partial charge on any atom is -0.457 e. The van der Waals surface area contributed by atoms with Crippen LogP contribution in [0.1, 0.15) is 60.3 Å². The van der Waals surface area contributed by atoms with E-state index in [-0.39, 0.29) is 17.1 Å². The number of pyridine rings is 1. The van der Waals surface area contributed by atoms with Gasteiger partial charge in [-0.15, -0.1) is 0 Å². The lowest BCUT2D eigenvalue weighted by Gasteiger charge is -2.30. The van der Waals surface area contributed by atoms with Crippen molar-refractivity contribution in [2.75, 3.05) is 0 Å². The van der Waals surface area contributed by atoms with Gasteiger partial charge < -0.3 is 14.7 Å². The normalized spacial score (nSPS) is 19.6. The molecule has 1 aliphatic carbocycles. The van der Waals surface area contributed by atoms with Crippen LogP contribution in [0.4, 0.5) is 0 Å². The van der Waals surface area contributed by atoms with Crippen LogP contribution in [0.5, 0.6) is 11.5 Å². The molecule has 7 nitrogen and oxygen atoms in total. The Kier molecular flexibility index (Phi) is 5.69. The van der Waals surface area contributed by atoms with E-state index in [4.69, 9.17) is 21.3 Å². The maximum atomic E-state index is 13.6. The summed E-state index contributed by atoms with van der Waals surface area (Å²) in [7, 11) is 0. The molecule has 0 radical (unpaired) electrons. The van der Waals surface area contributed by atoms with Crippen LogP contribution < -0.4 is 4.74 Å². The third-order valence-corrected chi connectivity index (χ3v) is 7.64. The zero-order valence-electron chi connectivity index (χ0n) is 20.2. The van der Waals surface area contributed by atoms with Gasteiger partial charge in [0.15, 0.2) is 5.78 Å². The first-order valence-corrected chi connectivity index (χ1v) is 12.7. The number of nitrogens with zero attached hydrogens (tertiary/aromatic N) is 3. The highest BCUT2D eigenvalue weighted by atomic mass is 35.5. The second-order valence-electron chi connectivity index (χ2n) is 9.90. The Balaban J connectivity index is 1.33. The van der Waals surface area contributed by atoms with E-state index in [2.05, 4.69) is 21.0 Å². The van der Waals surface area contributed by atoms with Crippen molar-refractivity contribution in [2.45, 2.75) is 38.5 Å². The molecule has 2 N–H and O–H groups in total. The molecule has 8 heteroatoms. The summed E-state index contributed by atoms with van der Waals surface area (Å²) >= 11 is 6.55. The SMILES string of the molecule is CC1(C#N)CCC(c2nc3cnc4[nH]cc(C(=O)c5ccc(Oc6ccccc6)cc5Cl)c4c3[nH]2)CC1. The molecule has 0 unspecified atom stereocenters. The molecule has 1 aliphatic rings. The molecule has 2 aromatic carbocycles. The van der Waals surface area contributed by atoms with E-state index in [1.165, 1.54) is 0 Å². The van der Waals surface area contributed by atoms with Crippen LogP contribution in [0.25, 0.3) is 22.1 Å². The van der Waals surface area contributed by atoms with Gasteiger partial charge in [0.1, 0.15) is 28.5 Å². The molecule has 5 aromatic rings. The maximum absolute atomic E-state index is 13.6. The van der Waals surface area contributed by atoms with Crippen LogP contribution in [0, 0.1) is 16.7 Å². The Bertz CT molecular complexity index is 1670. The average molecular weight is 510 g/mol. The fourth-order valence-corrected chi connectivity index (χ4v) is 5.36. The number of rotatable bonds is 5. The number of carbonyl (C=O) groups excluding carboxylic acids is 1. The van der Waals surface area contributed by atoms with Crippen molar-refractivity contribution in [1.82, 2.24) is 19.9 Å². The van der Waals surface area contributed by atoms with Crippen molar-refractivity contribution in [2.24, 2.45) is 5.41 Å². The number of ketones is 1. The quantitative estimate of drug-likeness (QED) is 0.241. The number of halogens is 1. The number of fused-ring (bicyclic) bond motifs is 3. The van der Waals surface area contributed by atoms with Gasteiger partial charge in [0, 0.05) is 23.7 Å². The van der Waals surface area contributed by atoms with Crippen LogP contribution >= 0.6 is 11.6 Å². The molecule has 0 spiro atoms. The standard InChI is InChI=1S/C29H24ClN5O2/c1-29(16-31)11-9-17(10-12-29)27-34-23-15-33-28-24(25(23)35-27)21(14-32-28)26(36)20-8-7-19(13-22(20)30)37-18-5-3-2-4-6-18/h2-8,13-15,17H,9-12H2,1H3,(H,32,33)(H,34,35). The van der Waals surface area contributed by atoms with Crippen LogP contribution in [-0.4, -0.2) is 25.7 Å². The molecule has 37 heavy (non-hydrogen) atoms. The highest BCUT2D eigenvalue weighted by molar-refractivity contribution is 6.36. The van der Waals surface area contributed by atoms with Gasteiger partial charge in [-0.25, -0.2) is 9.97 Å². The predicted octanol–water partition coefficient (Wildman–Crippen LogP) is 7.30. The minimum atomic E-state index is -0.265. The van der Waals surface area contributed by atoms with Crippen LogP contribution in [0.3, 0.4) is 0 Å². The molecular weight excluding hydrogens is 486 g/mol. The molecule has 1 fully saturated rings. The zero-order valence-corrected chi connectivity index (χ0v) is 21.0. The van der Waals surface area contributed by atoms with Gasteiger partial charge in [0.05, 0.1) is 39.2 Å². The van der Waals surface area contributed by atoms with Crippen LogP contribution in [0.15, 0.2) is 60.9 Å².